The first-order valence-corrected chi connectivity index (χ1v) is 16.4. The summed E-state index contributed by atoms with van der Waals surface area (Å²) in [5, 5.41) is 3.24. The van der Waals surface area contributed by atoms with Crippen LogP contribution in [0, 0.1) is 0 Å². The molecule has 0 saturated heterocycles. The minimum absolute atomic E-state index is 0.192. The molecule has 3 N–H and O–H groups in total. The van der Waals surface area contributed by atoms with Crippen LogP contribution in [0.1, 0.15) is 60.2 Å². The largest absolute Gasteiger partial charge is 0.500 e. The number of rotatable bonds is 21. The van der Waals surface area contributed by atoms with E-state index in [1.54, 1.807) is 0 Å². The van der Waals surface area contributed by atoms with Crippen molar-refractivity contribution in [1.29, 1.82) is 0 Å². The van der Waals surface area contributed by atoms with Crippen molar-refractivity contribution in [3.63, 3.8) is 0 Å². The van der Waals surface area contributed by atoms with Crippen molar-refractivity contribution in [2.24, 2.45) is 0 Å². The predicted octanol–water partition coefficient (Wildman–Crippen LogP) is 3.29. The number of aryl methyl sites for hydroxylation is 1. The minimum Gasteiger partial charge on any atom is -0.374 e. The molecule has 0 amide bonds. The van der Waals surface area contributed by atoms with Gasteiger partial charge in [-0.25, -0.2) is 0 Å². The Hall–Kier alpha value is -1.20. The number of hydrogen-bond donors (Lipinski definition) is 2. The average molecular weight is 520 g/mol. The smallest absolute Gasteiger partial charge is 0.374 e. The Morgan fingerprint density at radius 2 is 1.09 bits per heavy atom. The number of nitrogen functional groups attached to an aromatic ring is 1. The van der Waals surface area contributed by atoms with Crippen molar-refractivity contribution in [3.8, 4) is 0 Å². The van der Waals surface area contributed by atoms with Crippen LogP contribution in [0.4, 0.5) is 11.9 Å². The van der Waals surface area contributed by atoms with Crippen LogP contribution in [0.5, 0.6) is 0 Å². The highest BCUT2D eigenvalue weighted by atomic mass is 28.4. The number of nitrogens with one attached hydrogen (secondary N) is 1. The third-order valence-electron chi connectivity index (χ3n) is 4.71. The van der Waals surface area contributed by atoms with E-state index in [-0.39, 0.29) is 5.95 Å². The molecule has 0 unspecified atom stereocenters. The van der Waals surface area contributed by atoms with E-state index in [0.29, 0.717) is 76.5 Å². The molecular formula is C21H45N5O6Si2. The van der Waals surface area contributed by atoms with Crippen LogP contribution in [-0.4, -0.2) is 78.7 Å². The first-order chi connectivity index (χ1) is 16.4. The van der Waals surface area contributed by atoms with E-state index in [1.807, 2.05) is 41.5 Å². The third-order valence-corrected chi connectivity index (χ3v) is 11.0. The maximum atomic E-state index is 5.93. The molecule has 198 valence electrons. The first-order valence-electron chi connectivity index (χ1n) is 12.5. The summed E-state index contributed by atoms with van der Waals surface area (Å²) in [6.07, 6.45) is 2.18. The second-order valence-corrected chi connectivity index (χ2v) is 12.7. The molecule has 0 aliphatic heterocycles. The van der Waals surface area contributed by atoms with Crippen LogP contribution in [-0.2, 0) is 33.0 Å². The van der Waals surface area contributed by atoms with Crippen molar-refractivity contribution in [1.82, 2.24) is 15.0 Å². The Morgan fingerprint density at radius 3 is 1.53 bits per heavy atom. The summed E-state index contributed by atoms with van der Waals surface area (Å²) in [6, 6.07) is 1.40. The van der Waals surface area contributed by atoms with Crippen LogP contribution in [0.15, 0.2) is 0 Å². The van der Waals surface area contributed by atoms with Gasteiger partial charge in [0.1, 0.15) is 5.82 Å². The molecule has 1 heterocycles. The van der Waals surface area contributed by atoms with Crippen molar-refractivity contribution in [2.45, 2.75) is 72.9 Å². The number of aromatic nitrogens is 3. The Bertz CT molecular complexity index is 643. The van der Waals surface area contributed by atoms with Gasteiger partial charge in [-0.2, -0.15) is 15.0 Å². The predicted molar refractivity (Wildman–Crippen MR) is 137 cm³/mol. The minimum atomic E-state index is -2.69. The van der Waals surface area contributed by atoms with Crippen molar-refractivity contribution in [2.75, 3.05) is 57.2 Å². The molecule has 11 nitrogen and oxygen atoms in total. The highest BCUT2D eigenvalue weighted by Gasteiger charge is 2.40. The van der Waals surface area contributed by atoms with Gasteiger partial charge in [0.2, 0.25) is 11.9 Å². The molecule has 0 aliphatic rings. The van der Waals surface area contributed by atoms with Gasteiger partial charge >= 0.3 is 17.6 Å². The van der Waals surface area contributed by atoms with Crippen molar-refractivity contribution >= 4 is 29.5 Å². The molecule has 0 spiro atoms. The highest BCUT2D eigenvalue weighted by molar-refractivity contribution is 6.61. The van der Waals surface area contributed by atoms with Gasteiger partial charge in [0, 0.05) is 64.7 Å². The maximum Gasteiger partial charge on any atom is 0.500 e. The lowest BCUT2D eigenvalue weighted by Crippen LogP contribution is -2.46. The summed E-state index contributed by atoms with van der Waals surface area (Å²) in [6.45, 7) is 15.7. The van der Waals surface area contributed by atoms with Crippen LogP contribution in [0.2, 0.25) is 12.1 Å². The van der Waals surface area contributed by atoms with Gasteiger partial charge in [-0.15, -0.1) is 0 Å². The van der Waals surface area contributed by atoms with E-state index in [9.17, 15) is 0 Å². The molecule has 0 aromatic carbocycles. The summed E-state index contributed by atoms with van der Waals surface area (Å²) in [5.74, 6) is 1.28. The Kier molecular flexibility index (Phi) is 15.7. The van der Waals surface area contributed by atoms with Gasteiger partial charge in [0.05, 0.1) is 0 Å². The van der Waals surface area contributed by atoms with Crippen LogP contribution in [0.25, 0.3) is 0 Å². The zero-order chi connectivity index (χ0) is 25.3. The maximum absolute atomic E-state index is 5.93. The molecule has 1 aromatic rings. The van der Waals surface area contributed by atoms with Gasteiger partial charge in [-0.1, -0.05) is 0 Å². The molecule has 1 rings (SSSR count). The Labute approximate surface area is 207 Å². The quantitative estimate of drug-likeness (QED) is 0.183. The van der Waals surface area contributed by atoms with E-state index in [2.05, 4.69) is 20.3 Å². The van der Waals surface area contributed by atoms with E-state index in [4.69, 9.17) is 32.3 Å². The topological polar surface area (TPSA) is 132 Å². The monoisotopic (exact) mass is 519 g/mol. The summed E-state index contributed by atoms with van der Waals surface area (Å²) in [7, 11) is -5.35. The first kappa shape index (κ1) is 30.8. The summed E-state index contributed by atoms with van der Waals surface area (Å²) in [5.41, 5.74) is 5.93. The standard InChI is InChI=1S/C21H45N5O6Si2/c1-7-27-33(28-8-2,29-9-3)17-13-15-19-24-20(22)26-21(25-19)23-16-14-18-34(30-10-4,31-11-5)32-12-6/h7-18H2,1-6H3,(H3,22,23,24,25,26). The number of nitrogens with two attached hydrogens (primary N) is 1. The van der Waals surface area contributed by atoms with Gasteiger partial charge in [-0.05, 0) is 54.4 Å². The molecule has 0 atom stereocenters. The van der Waals surface area contributed by atoms with E-state index < -0.39 is 17.6 Å². The molecule has 13 heteroatoms. The normalized spacial score (nSPS) is 12.3. The van der Waals surface area contributed by atoms with Crippen LogP contribution < -0.4 is 11.1 Å². The zero-order valence-corrected chi connectivity index (χ0v) is 23.9. The fourth-order valence-electron chi connectivity index (χ4n) is 3.60. The van der Waals surface area contributed by atoms with Gasteiger partial charge in [0.25, 0.3) is 0 Å². The molecule has 1 aromatic heterocycles. The summed E-state index contributed by atoms with van der Waals surface area (Å²) in [4.78, 5) is 13.0. The zero-order valence-electron chi connectivity index (χ0n) is 21.9. The highest BCUT2D eigenvalue weighted by Crippen LogP contribution is 2.20. The van der Waals surface area contributed by atoms with Crippen molar-refractivity contribution < 1.29 is 26.6 Å². The average Bonchev–Trinajstić information content (AvgIpc) is 2.78. The fraction of sp³-hybridized carbons (Fsp3) is 0.857. The summed E-state index contributed by atoms with van der Waals surface area (Å²) >= 11 is 0. The summed E-state index contributed by atoms with van der Waals surface area (Å²) < 4.78 is 35.5. The van der Waals surface area contributed by atoms with Gasteiger partial charge < -0.3 is 37.6 Å². The molecule has 34 heavy (non-hydrogen) atoms. The molecule has 0 aliphatic carbocycles. The number of anilines is 2. The third kappa shape index (κ3) is 11.0. The second-order valence-electron chi connectivity index (χ2n) is 7.28. The van der Waals surface area contributed by atoms with E-state index >= 15 is 0 Å². The van der Waals surface area contributed by atoms with Crippen LogP contribution in [0.3, 0.4) is 0 Å². The number of nitrogens with zero attached hydrogens (tertiary/aromatic N) is 3. The molecule has 0 radical (unpaired) electrons. The number of hydrogen-bond acceptors (Lipinski definition) is 11. The molecule has 0 fully saturated rings. The Balaban J connectivity index is 2.67. The van der Waals surface area contributed by atoms with Gasteiger partial charge in [-0.3, -0.25) is 0 Å². The lowest BCUT2D eigenvalue weighted by Gasteiger charge is -2.28. The van der Waals surface area contributed by atoms with Crippen LogP contribution >= 0.6 is 0 Å². The lowest BCUT2D eigenvalue weighted by atomic mass is 10.3. The molecule has 0 bridgehead atoms. The Morgan fingerprint density at radius 1 is 0.647 bits per heavy atom. The second kappa shape index (κ2) is 17.3. The van der Waals surface area contributed by atoms with E-state index in [0.717, 1.165) is 12.8 Å². The molecular weight excluding hydrogens is 474 g/mol. The SMILES string of the molecule is CCO[Si](CCCNc1nc(N)nc(CCC[Si](OCC)(OCC)OCC)n1)(OCC)OCC. The van der Waals surface area contributed by atoms with E-state index in [1.165, 1.54) is 0 Å². The fourth-order valence-corrected chi connectivity index (χ4v) is 8.82. The lowest BCUT2D eigenvalue weighted by molar-refractivity contribution is 0.0701. The van der Waals surface area contributed by atoms with Crippen molar-refractivity contribution in [3.05, 3.63) is 5.82 Å². The van der Waals surface area contributed by atoms with Gasteiger partial charge in [0.15, 0.2) is 0 Å². The molecule has 0 saturated carbocycles.